The van der Waals surface area contributed by atoms with Crippen LogP contribution in [0.2, 0.25) is 0 Å². The molecule has 2 atom stereocenters. The number of benzene rings is 1. The largest absolute Gasteiger partial charge is 0.321 e. The van der Waals surface area contributed by atoms with Gasteiger partial charge < -0.3 is 10.2 Å². The molecule has 1 aromatic heterocycles. The Morgan fingerprint density at radius 1 is 1.33 bits per heavy atom. The standard InChI is InChI=1S/C17H20N2OS/c1-13-6-8-14(9-7-13)18-17(20)12-19-10-2-4-15(19)16-5-3-11-21-16/h3,5-9,11,15H,2,4,10,12H2,1H3,(H,18,20)/p+1/t15-/m0/s1. The molecule has 1 aliphatic rings. The van der Waals surface area contributed by atoms with E-state index in [9.17, 15) is 4.79 Å². The Balaban J connectivity index is 1.60. The molecule has 0 aliphatic carbocycles. The van der Waals surface area contributed by atoms with Crippen LogP contribution in [0, 0.1) is 6.92 Å². The SMILES string of the molecule is Cc1ccc(NC(=O)C[NH+]2CCC[C@H]2c2cccs2)cc1. The van der Waals surface area contributed by atoms with E-state index in [-0.39, 0.29) is 5.91 Å². The van der Waals surface area contributed by atoms with Crippen molar-refractivity contribution in [2.75, 3.05) is 18.4 Å². The van der Waals surface area contributed by atoms with E-state index in [0.29, 0.717) is 12.6 Å². The Bertz CT molecular complexity index is 592. The summed E-state index contributed by atoms with van der Waals surface area (Å²) in [7, 11) is 0. The molecule has 0 saturated carbocycles. The van der Waals surface area contributed by atoms with E-state index < -0.39 is 0 Å². The Hall–Kier alpha value is -1.65. The number of quaternary nitrogens is 1. The molecule has 3 rings (SSSR count). The highest BCUT2D eigenvalue weighted by atomic mass is 32.1. The zero-order chi connectivity index (χ0) is 14.7. The van der Waals surface area contributed by atoms with Crippen LogP contribution in [-0.2, 0) is 4.79 Å². The van der Waals surface area contributed by atoms with Crippen molar-refractivity contribution in [1.29, 1.82) is 0 Å². The summed E-state index contributed by atoms with van der Waals surface area (Å²) >= 11 is 1.80. The first kappa shape index (κ1) is 14.3. The van der Waals surface area contributed by atoms with E-state index in [1.54, 1.807) is 11.3 Å². The van der Waals surface area contributed by atoms with Crippen LogP contribution in [0.1, 0.15) is 29.3 Å². The maximum Gasteiger partial charge on any atom is 0.279 e. The van der Waals surface area contributed by atoms with Crippen LogP contribution in [0.15, 0.2) is 41.8 Å². The summed E-state index contributed by atoms with van der Waals surface area (Å²) in [6.45, 7) is 3.69. The van der Waals surface area contributed by atoms with Gasteiger partial charge in [0.05, 0.1) is 11.4 Å². The quantitative estimate of drug-likeness (QED) is 0.893. The number of hydrogen-bond acceptors (Lipinski definition) is 2. The van der Waals surface area contributed by atoms with E-state index in [1.165, 1.54) is 28.2 Å². The highest BCUT2D eigenvalue weighted by Gasteiger charge is 2.32. The third kappa shape index (κ3) is 3.52. The molecular weight excluding hydrogens is 280 g/mol. The molecule has 0 spiro atoms. The number of likely N-dealkylation sites (tertiary alicyclic amines) is 1. The number of carbonyl (C=O) groups is 1. The molecule has 1 aromatic carbocycles. The minimum Gasteiger partial charge on any atom is -0.321 e. The van der Waals surface area contributed by atoms with Crippen LogP contribution in [0.4, 0.5) is 5.69 Å². The van der Waals surface area contributed by atoms with Gasteiger partial charge in [-0.3, -0.25) is 4.79 Å². The van der Waals surface area contributed by atoms with E-state index in [2.05, 4.69) is 22.8 Å². The van der Waals surface area contributed by atoms with Gasteiger partial charge in [0.15, 0.2) is 6.54 Å². The van der Waals surface area contributed by atoms with Gasteiger partial charge in [0.1, 0.15) is 6.04 Å². The number of anilines is 1. The minimum absolute atomic E-state index is 0.109. The Labute approximate surface area is 129 Å². The van der Waals surface area contributed by atoms with Gasteiger partial charge in [0.2, 0.25) is 0 Å². The fourth-order valence-electron chi connectivity index (χ4n) is 3.00. The Kier molecular flexibility index (Phi) is 4.36. The first-order chi connectivity index (χ1) is 10.2. The van der Waals surface area contributed by atoms with Crippen molar-refractivity contribution in [2.24, 2.45) is 0 Å². The summed E-state index contributed by atoms with van der Waals surface area (Å²) < 4.78 is 0. The maximum absolute atomic E-state index is 12.2. The molecule has 110 valence electrons. The highest BCUT2D eigenvalue weighted by Crippen LogP contribution is 2.23. The maximum atomic E-state index is 12.2. The van der Waals surface area contributed by atoms with Crippen LogP contribution in [0.25, 0.3) is 0 Å². The van der Waals surface area contributed by atoms with Gasteiger partial charge in [0, 0.05) is 18.5 Å². The zero-order valence-electron chi connectivity index (χ0n) is 12.3. The summed E-state index contributed by atoms with van der Waals surface area (Å²) in [5.41, 5.74) is 2.09. The molecule has 0 radical (unpaired) electrons. The molecular formula is C17H21N2OS+. The number of aryl methyl sites for hydroxylation is 1. The lowest BCUT2D eigenvalue weighted by Gasteiger charge is -2.20. The third-order valence-corrected chi connectivity index (χ3v) is 5.08. The van der Waals surface area contributed by atoms with E-state index in [4.69, 9.17) is 0 Å². The number of nitrogens with one attached hydrogen (secondary N) is 2. The van der Waals surface area contributed by atoms with E-state index in [1.807, 2.05) is 31.2 Å². The molecule has 3 nitrogen and oxygen atoms in total. The van der Waals surface area contributed by atoms with Crippen LogP contribution in [0.5, 0.6) is 0 Å². The summed E-state index contributed by atoms with van der Waals surface area (Å²) in [4.78, 5) is 15.0. The molecule has 1 unspecified atom stereocenters. The van der Waals surface area contributed by atoms with Gasteiger partial charge in [-0.1, -0.05) is 23.8 Å². The summed E-state index contributed by atoms with van der Waals surface area (Å²) in [5, 5.41) is 5.13. The van der Waals surface area contributed by atoms with Crippen LogP contribution in [-0.4, -0.2) is 19.0 Å². The van der Waals surface area contributed by atoms with Crippen molar-refractivity contribution in [3.63, 3.8) is 0 Å². The molecule has 21 heavy (non-hydrogen) atoms. The van der Waals surface area contributed by atoms with Gasteiger partial charge >= 0.3 is 0 Å². The fourth-order valence-corrected chi connectivity index (χ4v) is 3.92. The minimum atomic E-state index is 0.109. The van der Waals surface area contributed by atoms with Crippen molar-refractivity contribution < 1.29 is 9.69 Å². The normalized spacial score (nSPS) is 21.4. The molecule has 1 fully saturated rings. The van der Waals surface area contributed by atoms with Gasteiger partial charge in [-0.05, 0) is 30.5 Å². The predicted molar refractivity (Wildman–Crippen MR) is 86.8 cm³/mol. The predicted octanol–water partition coefficient (Wildman–Crippen LogP) is 2.42. The first-order valence-corrected chi connectivity index (χ1v) is 8.35. The number of carbonyl (C=O) groups excluding carboxylic acids is 1. The second kappa shape index (κ2) is 6.41. The smallest absolute Gasteiger partial charge is 0.279 e. The molecule has 2 N–H and O–H groups in total. The number of amides is 1. The Morgan fingerprint density at radius 2 is 2.14 bits per heavy atom. The van der Waals surface area contributed by atoms with Crippen molar-refractivity contribution >= 4 is 22.9 Å². The molecule has 2 aromatic rings. The highest BCUT2D eigenvalue weighted by molar-refractivity contribution is 7.10. The van der Waals surface area contributed by atoms with Crippen LogP contribution in [0.3, 0.4) is 0 Å². The lowest BCUT2D eigenvalue weighted by molar-refractivity contribution is -0.910. The lowest BCUT2D eigenvalue weighted by Crippen LogP contribution is -3.11. The van der Waals surface area contributed by atoms with Gasteiger partial charge in [-0.25, -0.2) is 0 Å². The molecule has 0 bridgehead atoms. The van der Waals surface area contributed by atoms with Gasteiger partial charge in [-0.15, -0.1) is 11.3 Å². The van der Waals surface area contributed by atoms with Crippen molar-refractivity contribution in [2.45, 2.75) is 25.8 Å². The lowest BCUT2D eigenvalue weighted by atomic mass is 10.2. The molecule has 1 aliphatic heterocycles. The van der Waals surface area contributed by atoms with E-state index in [0.717, 1.165) is 12.2 Å². The van der Waals surface area contributed by atoms with Crippen molar-refractivity contribution in [3.8, 4) is 0 Å². The van der Waals surface area contributed by atoms with Gasteiger partial charge in [-0.2, -0.15) is 0 Å². The van der Waals surface area contributed by atoms with Crippen molar-refractivity contribution in [3.05, 3.63) is 52.2 Å². The molecule has 1 amide bonds. The molecule has 4 heteroatoms. The molecule has 2 heterocycles. The number of rotatable bonds is 4. The van der Waals surface area contributed by atoms with Crippen LogP contribution >= 0.6 is 11.3 Å². The summed E-state index contributed by atoms with van der Waals surface area (Å²) in [6.07, 6.45) is 2.39. The van der Waals surface area contributed by atoms with Crippen LogP contribution < -0.4 is 10.2 Å². The molecule has 1 saturated heterocycles. The third-order valence-electron chi connectivity index (χ3n) is 4.09. The number of thiophene rings is 1. The topological polar surface area (TPSA) is 33.5 Å². The summed E-state index contributed by atoms with van der Waals surface area (Å²) in [6, 6.07) is 12.8. The van der Waals surface area contributed by atoms with Gasteiger partial charge in [0.25, 0.3) is 5.91 Å². The second-order valence-corrected chi connectivity index (χ2v) is 6.69. The summed E-state index contributed by atoms with van der Waals surface area (Å²) in [5.74, 6) is 0.109. The van der Waals surface area contributed by atoms with E-state index >= 15 is 0 Å². The zero-order valence-corrected chi connectivity index (χ0v) is 13.1. The first-order valence-electron chi connectivity index (χ1n) is 7.47. The average Bonchev–Trinajstić information content (AvgIpc) is 3.11. The monoisotopic (exact) mass is 301 g/mol. The second-order valence-electron chi connectivity index (χ2n) is 5.71. The Morgan fingerprint density at radius 3 is 2.86 bits per heavy atom. The number of hydrogen-bond donors (Lipinski definition) is 2. The average molecular weight is 301 g/mol. The fraction of sp³-hybridized carbons (Fsp3) is 0.353. The van der Waals surface area contributed by atoms with Crippen molar-refractivity contribution in [1.82, 2.24) is 0 Å².